The molecular weight excluding hydrogens is 288 g/mol. The highest BCUT2D eigenvalue weighted by Gasteiger charge is 2.32. The zero-order valence-electron chi connectivity index (χ0n) is 11.5. The summed E-state index contributed by atoms with van der Waals surface area (Å²) in [5.74, 6) is -7.55. The number of likely N-dealkylation sites (tertiary alicyclic amines) is 1. The van der Waals surface area contributed by atoms with Gasteiger partial charge in [0.2, 0.25) is 0 Å². The molecule has 0 aromatic heterocycles. The molecule has 1 saturated heterocycles. The van der Waals surface area contributed by atoms with Crippen LogP contribution in [0.1, 0.15) is 30.1 Å². The highest BCUT2D eigenvalue weighted by Crippen LogP contribution is 2.25. The molecule has 116 valence electrons. The van der Waals surface area contributed by atoms with Crippen LogP contribution in [0, 0.1) is 29.2 Å². The van der Waals surface area contributed by atoms with E-state index in [1.54, 1.807) is 6.92 Å². The third kappa shape index (κ3) is 3.02. The largest absolute Gasteiger partial charge is 0.338 e. The second-order valence-electron chi connectivity index (χ2n) is 5.36. The maximum absolute atomic E-state index is 13.6. The summed E-state index contributed by atoms with van der Waals surface area (Å²) in [5.41, 5.74) is 4.59. The average Bonchev–Trinajstić information content (AvgIpc) is 2.45. The van der Waals surface area contributed by atoms with Gasteiger partial charge in [-0.05, 0) is 25.7 Å². The third-order valence-corrected chi connectivity index (χ3v) is 3.81. The van der Waals surface area contributed by atoms with E-state index < -0.39 is 34.7 Å². The Balaban J connectivity index is 2.32. The van der Waals surface area contributed by atoms with E-state index in [1.807, 2.05) is 0 Å². The molecule has 1 aliphatic heterocycles. The fourth-order valence-electron chi connectivity index (χ4n) is 2.54. The standard InChI is InChI=1S/C14H16F4N2O/c1-7(19)8-3-2-4-20(6-8)14(21)11-12(17)9(15)5-10(16)13(11)18/h5,7-8H,2-4,6,19H2,1H3/t7-,8-/m0/s1. The first-order valence-electron chi connectivity index (χ1n) is 6.70. The van der Waals surface area contributed by atoms with Crippen LogP contribution < -0.4 is 5.73 Å². The number of halogens is 4. The van der Waals surface area contributed by atoms with Crippen molar-refractivity contribution in [2.45, 2.75) is 25.8 Å². The number of benzene rings is 1. The Labute approximate surface area is 119 Å². The molecule has 1 fully saturated rings. The van der Waals surface area contributed by atoms with Gasteiger partial charge in [0.25, 0.3) is 5.91 Å². The van der Waals surface area contributed by atoms with Crippen LogP contribution in [0.3, 0.4) is 0 Å². The van der Waals surface area contributed by atoms with Crippen molar-refractivity contribution in [1.82, 2.24) is 4.90 Å². The number of nitrogens with two attached hydrogens (primary N) is 1. The molecule has 0 spiro atoms. The Kier molecular flexibility index (Phi) is 4.51. The molecule has 2 N–H and O–H groups in total. The van der Waals surface area contributed by atoms with Crippen molar-refractivity contribution in [2.24, 2.45) is 11.7 Å². The lowest BCUT2D eigenvalue weighted by Crippen LogP contribution is -2.45. The first-order chi connectivity index (χ1) is 9.82. The Morgan fingerprint density at radius 2 is 1.86 bits per heavy atom. The Bertz CT molecular complexity index is 536. The Morgan fingerprint density at radius 1 is 1.29 bits per heavy atom. The topological polar surface area (TPSA) is 46.3 Å². The predicted molar refractivity (Wildman–Crippen MR) is 68.6 cm³/mol. The molecule has 0 radical (unpaired) electrons. The second-order valence-corrected chi connectivity index (χ2v) is 5.36. The van der Waals surface area contributed by atoms with E-state index >= 15 is 0 Å². The van der Waals surface area contributed by atoms with Crippen molar-refractivity contribution >= 4 is 5.91 Å². The first kappa shape index (κ1) is 15.8. The van der Waals surface area contributed by atoms with Crippen LogP contribution in [-0.2, 0) is 0 Å². The monoisotopic (exact) mass is 304 g/mol. The third-order valence-electron chi connectivity index (χ3n) is 3.81. The highest BCUT2D eigenvalue weighted by molar-refractivity contribution is 5.95. The van der Waals surface area contributed by atoms with Gasteiger partial charge in [0.05, 0.1) is 0 Å². The van der Waals surface area contributed by atoms with Gasteiger partial charge in [0.15, 0.2) is 23.3 Å². The van der Waals surface area contributed by atoms with E-state index in [9.17, 15) is 22.4 Å². The van der Waals surface area contributed by atoms with Crippen LogP contribution in [-0.4, -0.2) is 29.9 Å². The van der Waals surface area contributed by atoms with Crippen LogP contribution in [0.4, 0.5) is 17.6 Å². The molecule has 1 aliphatic rings. The van der Waals surface area contributed by atoms with Gasteiger partial charge in [-0.2, -0.15) is 0 Å². The molecule has 1 amide bonds. The maximum atomic E-state index is 13.6. The van der Waals surface area contributed by atoms with Gasteiger partial charge >= 0.3 is 0 Å². The van der Waals surface area contributed by atoms with Crippen LogP contribution >= 0.6 is 0 Å². The fraction of sp³-hybridized carbons (Fsp3) is 0.500. The molecular formula is C14H16F4N2O. The summed E-state index contributed by atoms with van der Waals surface area (Å²) < 4.78 is 53.7. The number of rotatable bonds is 2. The van der Waals surface area contributed by atoms with Gasteiger partial charge in [-0.25, -0.2) is 17.6 Å². The molecule has 2 rings (SSSR count). The van der Waals surface area contributed by atoms with E-state index in [0.29, 0.717) is 6.42 Å². The molecule has 1 aromatic rings. The van der Waals surface area contributed by atoms with Crippen molar-refractivity contribution < 1.29 is 22.4 Å². The van der Waals surface area contributed by atoms with Crippen molar-refractivity contribution in [1.29, 1.82) is 0 Å². The van der Waals surface area contributed by atoms with E-state index in [2.05, 4.69) is 0 Å². The predicted octanol–water partition coefficient (Wildman–Crippen LogP) is 2.44. The number of carbonyl (C=O) groups is 1. The smallest absolute Gasteiger partial charge is 0.260 e. The molecule has 1 aromatic carbocycles. The van der Waals surface area contributed by atoms with Crippen molar-refractivity contribution in [2.75, 3.05) is 13.1 Å². The molecule has 2 atom stereocenters. The molecule has 1 heterocycles. The summed E-state index contributed by atoms with van der Waals surface area (Å²) in [6.45, 7) is 2.27. The summed E-state index contributed by atoms with van der Waals surface area (Å²) >= 11 is 0. The van der Waals surface area contributed by atoms with Crippen LogP contribution in [0.25, 0.3) is 0 Å². The summed E-state index contributed by atoms with van der Waals surface area (Å²) in [7, 11) is 0. The van der Waals surface area contributed by atoms with E-state index in [1.165, 1.54) is 4.90 Å². The minimum Gasteiger partial charge on any atom is -0.338 e. The van der Waals surface area contributed by atoms with Gasteiger partial charge in [0, 0.05) is 25.2 Å². The van der Waals surface area contributed by atoms with Crippen molar-refractivity contribution in [3.8, 4) is 0 Å². The van der Waals surface area contributed by atoms with Crippen LogP contribution in [0.2, 0.25) is 0 Å². The molecule has 0 bridgehead atoms. The zero-order chi connectivity index (χ0) is 15.7. The normalized spacial score (nSPS) is 20.5. The highest BCUT2D eigenvalue weighted by atomic mass is 19.2. The number of nitrogens with zero attached hydrogens (tertiary/aromatic N) is 1. The lowest BCUT2D eigenvalue weighted by Gasteiger charge is -2.34. The number of piperidine rings is 1. The maximum Gasteiger partial charge on any atom is 0.260 e. The Morgan fingerprint density at radius 3 is 2.38 bits per heavy atom. The molecule has 3 nitrogen and oxygen atoms in total. The number of carbonyl (C=O) groups excluding carboxylic acids is 1. The summed E-state index contributed by atoms with van der Waals surface area (Å²) in [6.07, 6.45) is 1.42. The van der Waals surface area contributed by atoms with Gasteiger partial charge in [-0.3, -0.25) is 4.79 Å². The zero-order valence-corrected chi connectivity index (χ0v) is 11.5. The SMILES string of the molecule is C[C@H](N)[C@H]1CCCN(C(=O)c2c(F)c(F)cc(F)c2F)C1. The van der Waals surface area contributed by atoms with Crippen molar-refractivity contribution in [3.63, 3.8) is 0 Å². The summed E-state index contributed by atoms with van der Waals surface area (Å²) in [5, 5.41) is 0. The molecule has 7 heteroatoms. The lowest BCUT2D eigenvalue weighted by molar-refractivity contribution is 0.0648. The van der Waals surface area contributed by atoms with Gasteiger partial charge in [-0.15, -0.1) is 0 Å². The second kappa shape index (κ2) is 6.01. The molecule has 0 saturated carbocycles. The molecule has 21 heavy (non-hydrogen) atoms. The fourth-order valence-corrected chi connectivity index (χ4v) is 2.54. The molecule has 0 unspecified atom stereocenters. The van der Waals surface area contributed by atoms with Crippen molar-refractivity contribution in [3.05, 3.63) is 34.9 Å². The van der Waals surface area contributed by atoms with Gasteiger partial charge in [-0.1, -0.05) is 0 Å². The minimum absolute atomic E-state index is 0.00720. The number of hydrogen-bond donors (Lipinski definition) is 1. The summed E-state index contributed by atoms with van der Waals surface area (Å²) in [6, 6.07) is -0.0953. The van der Waals surface area contributed by atoms with E-state index in [4.69, 9.17) is 5.73 Å². The lowest BCUT2D eigenvalue weighted by atomic mass is 9.92. The van der Waals surface area contributed by atoms with Gasteiger partial charge < -0.3 is 10.6 Å². The Hall–Kier alpha value is -1.63. The van der Waals surface area contributed by atoms with Gasteiger partial charge in [0.1, 0.15) is 5.56 Å². The van der Waals surface area contributed by atoms with Crippen LogP contribution in [0.15, 0.2) is 6.07 Å². The molecule has 0 aliphatic carbocycles. The first-order valence-corrected chi connectivity index (χ1v) is 6.70. The van der Waals surface area contributed by atoms with E-state index in [0.717, 1.165) is 6.42 Å². The average molecular weight is 304 g/mol. The summed E-state index contributed by atoms with van der Waals surface area (Å²) in [4.78, 5) is 13.4. The number of hydrogen-bond acceptors (Lipinski definition) is 2. The van der Waals surface area contributed by atoms with Crippen LogP contribution in [0.5, 0.6) is 0 Å². The van der Waals surface area contributed by atoms with E-state index in [-0.39, 0.29) is 31.1 Å². The quantitative estimate of drug-likeness (QED) is 0.674. The number of amides is 1. The minimum atomic E-state index is -1.66.